The van der Waals surface area contributed by atoms with Crippen LogP contribution in [0.15, 0.2) is 0 Å². The molecule has 0 spiro atoms. The second kappa shape index (κ2) is 7.12. The average Bonchev–Trinajstić information content (AvgIpc) is 2.20. The Morgan fingerprint density at radius 1 is 1.64 bits per heavy atom. The Hall–Kier alpha value is -0.220. The van der Waals surface area contributed by atoms with E-state index < -0.39 is 0 Å². The molecule has 0 aromatic heterocycles. The number of nitrogens with one attached hydrogen (secondary N) is 2. The molecular weight excluding hydrogens is 196 g/mol. The molecule has 0 radical (unpaired) electrons. The van der Waals surface area contributed by atoms with Crippen LogP contribution in [0.4, 0.5) is 0 Å². The molecule has 82 valence electrons. The molecule has 0 aromatic carbocycles. The molecule has 3 nitrogen and oxygen atoms in total. The number of hydrogen-bond donors (Lipinski definition) is 2. The van der Waals surface area contributed by atoms with Gasteiger partial charge in [-0.25, -0.2) is 0 Å². The third-order valence-corrected chi connectivity index (χ3v) is 3.41. The first kappa shape index (κ1) is 11.9. The van der Waals surface area contributed by atoms with Crippen molar-refractivity contribution >= 4 is 17.7 Å². The molecule has 1 aliphatic rings. The van der Waals surface area contributed by atoms with Gasteiger partial charge in [0.25, 0.3) is 0 Å². The SMILES string of the molecule is CCCSCC(=O)N[C@H]1CCCNC1. The van der Waals surface area contributed by atoms with Crippen molar-refractivity contribution in [2.75, 3.05) is 24.6 Å². The van der Waals surface area contributed by atoms with E-state index in [-0.39, 0.29) is 5.91 Å². The molecule has 1 heterocycles. The maximum atomic E-state index is 11.4. The van der Waals surface area contributed by atoms with E-state index in [1.54, 1.807) is 11.8 Å². The van der Waals surface area contributed by atoms with Crippen molar-refractivity contribution in [3.63, 3.8) is 0 Å². The second-order valence-electron chi connectivity index (χ2n) is 3.66. The van der Waals surface area contributed by atoms with Crippen LogP contribution in [-0.2, 0) is 4.79 Å². The largest absolute Gasteiger partial charge is 0.351 e. The van der Waals surface area contributed by atoms with Crippen LogP contribution in [0.25, 0.3) is 0 Å². The van der Waals surface area contributed by atoms with Gasteiger partial charge in [0.05, 0.1) is 5.75 Å². The van der Waals surface area contributed by atoms with Gasteiger partial charge in [0.1, 0.15) is 0 Å². The Labute approximate surface area is 90.4 Å². The minimum absolute atomic E-state index is 0.192. The lowest BCUT2D eigenvalue weighted by Gasteiger charge is -2.23. The number of hydrogen-bond acceptors (Lipinski definition) is 3. The van der Waals surface area contributed by atoms with Crippen LogP contribution in [-0.4, -0.2) is 36.5 Å². The van der Waals surface area contributed by atoms with Crippen LogP contribution >= 0.6 is 11.8 Å². The normalized spacial score (nSPS) is 21.9. The Bertz CT molecular complexity index is 170. The lowest BCUT2D eigenvalue weighted by molar-refractivity contribution is -0.119. The molecular formula is C10H20N2OS. The zero-order chi connectivity index (χ0) is 10.2. The highest BCUT2D eigenvalue weighted by atomic mass is 32.2. The predicted molar refractivity (Wildman–Crippen MR) is 61.7 cm³/mol. The molecule has 14 heavy (non-hydrogen) atoms. The lowest BCUT2D eigenvalue weighted by atomic mass is 10.1. The number of carbonyl (C=O) groups excluding carboxylic acids is 1. The quantitative estimate of drug-likeness (QED) is 0.674. The Morgan fingerprint density at radius 3 is 3.14 bits per heavy atom. The first-order valence-electron chi connectivity index (χ1n) is 5.40. The molecule has 1 aliphatic heterocycles. The van der Waals surface area contributed by atoms with Crippen molar-refractivity contribution in [1.29, 1.82) is 0 Å². The van der Waals surface area contributed by atoms with E-state index in [0.717, 1.165) is 31.7 Å². The first-order chi connectivity index (χ1) is 6.83. The lowest BCUT2D eigenvalue weighted by Crippen LogP contribution is -2.46. The Balaban J connectivity index is 2.06. The zero-order valence-electron chi connectivity index (χ0n) is 8.84. The fourth-order valence-corrected chi connectivity index (χ4v) is 2.26. The van der Waals surface area contributed by atoms with Gasteiger partial charge in [-0.15, -0.1) is 0 Å². The van der Waals surface area contributed by atoms with Crippen LogP contribution in [0.2, 0.25) is 0 Å². The summed E-state index contributed by atoms with van der Waals surface area (Å²) >= 11 is 1.72. The van der Waals surface area contributed by atoms with Crippen LogP contribution < -0.4 is 10.6 Å². The van der Waals surface area contributed by atoms with Crippen molar-refractivity contribution in [3.8, 4) is 0 Å². The number of carbonyl (C=O) groups is 1. The molecule has 0 aliphatic carbocycles. The maximum Gasteiger partial charge on any atom is 0.230 e. The van der Waals surface area contributed by atoms with E-state index in [4.69, 9.17) is 0 Å². The average molecular weight is 216 g/mol. The molecule has 2 N–H and O–H groups in total. The van der Waals surface area contributed by atoms with Gasteiger partial charge in [-0.2, -0.15) is 11.8 Å². The van der Waals surface area contributed by atoms with Gasteiger partial charge < -0.3 is 10.6 Å². The number of rotatable bonds is 5. The maximum absolute atomic E-state index is 11.4. The summed E-state index contributed by atoms with van der Waals surface area (Å²) in [5.41, 5.74) is 0. The van der Waals surface area contributed by atoms with Gasteiger partial charge >= 0.3 is 0 Å². The fourth-order valence-electron chi connectivity index (χ4n) is 1.55. The highest BCUT2D eigenvalue weighted by Crippen LogP contribution is 2.04. The molecule has 0 saturated carbocycles. The van der Waals surface area contributed by atoms with Gasteiger partial charge in [-0.3, -0.25) is 4.79 Å². The van der Waals surface area contributed by atoms with Crippen LogP contribution in [0, 0.1) is 0 Å². The fraction of sp³-hybridized carbons (Fsp3) is 0.900. The van der Waals surface area contributed by atoms with E-state index in [9.17, 15) is 4.79 Å². The molecule has 1 saturated heterocycles. The van der Waals surface area contributed by atoms with Gasteiger partial charge in [-0.05, 0) is 31.6 Å². The van der Waals surface area contributed by atoms with Gasteiger partial charge in [0.2, 0.25) is 5.91 Å². The zero-order valence-corrected chi connectivity index (χ0v) is 9.66. The van der Waals surface area contributed by atoms with E-state index in [0.29, 0.717) is 11.8 Å². The van der Waals surface area contributed by atoms with Crippen LogP contribution in [0.1, 0.15) is 26.2 Å². The molecule has 1 atom stereocenters. The number of amides is 1. The summed E-state index contributed by atoms with van der Waals surface area (Å²) in [6.07, 6.45) is 3.44. The molecule has 1 fully saturated rings. The van der Waals surface area contributed by atoms with E-state index in [1.807, 2.05) is 0 Å². The van der Waals surface area contributed by atoms with Crippen molar-refractivity contribution in [1.82, 2.24) is 10.6 Å². The minimum Gasteiger partial charge on any atom is -0.351 e. The van der Waals surface area contributed by atoms with E-state index in [1.165, 1.54) is 6.42 Å². The molecule has 1 amide bonds. The summed E-state index contributed by atoms with van der Waals surface area (Å²) in [6.45, 7) is 4.16. The Kier molecular flexibility index (Phi) is 6.03. The van der Waals surface area contributed by atoms with Crippen molar-refractivity contribution in [3.05, 3.63) is 0 Å². The topological polar surface area (TPSA) is 41.1 Å². The minimum atomic E-state index is 0.192. The van der Waals surface area contributed by atoms with E-state index >= 15 is 0 Å². The van der Waals surface area contributed by atoms with Crippen molar-refractivity contribution < 1.29 is 4.79 Å². The van der Waals surface area contributed by atoms with Gasteiger partial charge in [0, 0.05) is 12.6 Å². The third kappa shape index (κ3) is 4.86. The highest BCUT2D eigenvalue weighted by molar-refractivity contribution is 7.99. The van der Waals surface area contributed by atoms with Crippen LogP contribution in [0.3, 0.4) is 0 Å². The molecule has 0 unspecified atom stereocenters. The predicted octanol–water partition coefficient (Wildman–Crippen LogP) is 0.998. The monoisotopic (exact) mass is 216 g/mol. The van der Waals surface area contributed by atoms with Crippen LogP contribution in [0.5, 0.6) is 0 Å². The molecule has 4 heteroatoms. The smallest absolute Gasteiger partial charge is 0.230 e. The number of thioether (sulfide) groups is 1. The standard InChI is InChI=1S/C10H20N2OS/c1-2-6-14-8-10(13)12-9-4-3-5-11-7-9/h9,11H,2-8H2,1H3,(H,12,13)/t9-/m0/s1. The molecule has 0 bridgehead atoms. The number of piperidine rings is 1. The molecule has 0 aromatic rings. The van der Waals surface area contributed by atoms with Gasteiger partial charge in [0.15, 0.2) is 0 Å². The summed E-state index contributed by atoms with van der Waals surface area (Å²) in [5, 5.41) is 6.34. The van der Waals surface area contributed by atoms with Crippen molar-refractivity contribution in [2.45, 2.75) is 32.2 Å². The summed E-state index contributed by atoms with van der Waals surface area (Å²) in [4.78, 5) is 11.4. The molecule has 1 rings (SSSR count). The third-order valence-electron chi connectivity index (χ3n) is 2.24. The summed E-state index contributed by atoms with van der Waals surface area (Å²) < 4.78 is 0. The highest BCUT2D eigenvalue weighted by Gasteiger charge is 2.14. The van der Waals surface area contributed by atoms with Gasteiger partial charge in [-0.1, -0.05) is 6.92 Å². The Morgan fingerprint density at radius 2 is 2.50 bits per heavy atom. The second-order valence-corrected chi connectivity index (χ2v) is 4.77. The summed E-state index contributed by atoms with van der Waals surface area (Å²) in [6, 6.07) is 0.360. The van der Waals surface area contributed by atoms with E-state index in [2.05, 4.69) is 17.6 Å². The summed E-state index contributed by atoms with van der Waals surface area (Å²) in [7, 11) is 0. The van der Waals surface area contributed by atoms with Crippen molar-refractivity contribution in [2.24, 2.45) is 0 Å². The summed E-state index contributed by atoms with van der Waals surface area (Å²) in [5.74, 6) is 1.89. The first-order valence-corrected chi connectivity index (χ1v) is 6.56.